The van der Waals surface area contributed by atoms with E-state index in [4.69, 9.17) is 0 Å². The van der Waals surface area contributed by atoms with Crippen molar-refractivity contribution in [1.29, 1.82) is 5.26 Å². The molecule has 1 aliphatic carbocycles. The maximum atomic E-state index is 13.6. The fraction of sp³-hybridized carbons (Fsp3) is 0.150. The van der Waals surface area contributed by atoms with Gasteiger partial charge in [0.1, 0.15) is 16.8 Å². The zero-order valence-corrected chi connectivity index (χ0v) is 28.5. The summed E-state index contributed by atoms with van der Waals surface area (Å²) >= 11 is 2.84. The maximum absolute atomic E-state index is 13.6. The highest BCUT2D eigenvalue weighted by Gasteiger charge is 2.24. The Morgan fingerprint density at radius 2 is 1.61 bits per heavy atom. The Morgan fingerprint density at radius 3 is 2.35 bits per heavy atom. The molecule has 4 aromatic carbocycles. The summed E-state index contributed by atoms with van der Waals surface area (Å²) in [5.74, 6) is -0.383. The van der Waals surface area contributed by atoms with Crippen molar-refractivity contribution < 1.29 is 14.4 Å². The van der Waals surface area contributed by atoms with Gasteiger partial charge >= 0.3 is 0 Å². The number of fused-ring (bicyclic) bond motifs is 1. The van der Waals surface area contributed by atoms with Gasteiger partial charge in [0.2, 0.25) is 5.91 Å². The molecule has 0 spiro atoms. The third-order valence-electron chi connectivity index (χ3n) is 8.20. The molecule has 0 fully saturated rings. The molecule has 0 saturated heterocycles. The van der Waals surface area contributed by atoms with E-state index in [9.17, 15) is 19.6 Å². The van der Waals surface area contributed by atoms with Gasteiger partial charge < -0.3 is 16.0 Å². The van der Waals surface area contributed by atoms with E-state index in [2.05, 4.69) is 28.9 Å². The largest absolute Gasteiger partial charge is 0.321 e. The van der Waals surface area contributed by atoms with Crippen molar-refractivity contribution in [2.75, 3.05) is 16.4 Å². The minimum atomic E-state index is -0.490. The number of hydrogen-bond acceptors (Lipinski definition) is 6. The van der Waals surface area contributed by atoms with E-state index in [1.807, 2.05) is 66.7 Å². The predicted molar refractivity (Wildman–Crippen MR) is 198 cm³/mol. The van der Waals surface area contributed by atoms with Gasteiger partial charge in [-0.05, 0) is 83.8 Å². The first-order valence-corrected chi connectivity index (χ1v) is 17.8. The molecule has 1 aromatic heterocycles. The normalized spacial score (nSPS) is 13.9. The summed E-state index contributed by atoms with van der Waals surface area (Å²) < 4.78 is 0. The maximum Gasteiger partial charge on any atom is 0.272 e. The van der Waals surface area contributed by atoms with E-state index in [1.165, 1.54) is 28.0 Å². The van der Waals surface area contributed by atoms with Gasteiger partial charge in [-0.15, -0.1) is 23.1 Å². The minimum Gasteiger partial charge on any atom is -0.321 e. The molecule has 3 amide bonds. The second-order valence-electron chi connectivity index (χ2n) is 11.9. The van der Waals surface area contributed by atoms with Gasteiger partial charge in [0.25, 0.3) is 11.8 Å². The molecule has 1 unspecified atom stereocenters. The number of carbonyl (C=O) groups is 3. The van der Waals surface area contributed by atoms with E-state index < -0.39 is 11.8 Å². The lowest BCUT2D eigenvalue weighted by atomic mass is 9.89. The SMILES string of the molecule is CC1CCc2c(sc(NC(=O)CSc3cccc(NC(=O)/C(=C\c4ccc(-c5ccccc5)cc4)NC(=O)c4ccccc4)c3)c2C#N)C1. The summed E-state index contributed by atoms with van der Waals surface area (Å²) in [4.78, 5) is 41.6. The molecule has 49 heavy (non-hydrogen) atoms. The highest BCUT2D eigenvalue weighted by atomic mass is 32.2. The topological polar surface area (TPSA) is 111 Å². The summed E-state index contributed by atoms with van der Waals surface area (Å²) in [5.41, 5.74) is 5.55. The van der Waals surface area contributed by atoms with Crippen LogP contribution in [0.4, 0.5) is 10.7 Å². The first-order chi connectivity index (χ1) is 23.9. The van der Waals surface area contributed by atoms with Crippen LogP contribution in [-0.2, 0) is 22.4 Å². The monoisotopic (exact) mass is 682 g/mol. The average molecular weight is 683 g/mol. The van der Waals surface area contributed by atoms with Gasteiger partial charge in [0, 0.05) is 21.0 Å². The van der Waals surface area contributed by atoms with Crippen molar-refractivity contribution in [3.63, 3.8) is 0 Å². The van der Waals surface area contributed by atoms with E-state index in [-0.39, 0.29) is 17.4 Å². The molecule has 1 aliphatic rings. The second kappa shape index (κ2) is 15.6. The first kappa shape index (κ1) is 33.5. The van der Waals surface area contributed by atoms with Crippen LogP contribution in [0.1, 0.15) is 45.3 Å². The Bertz CT molecular complexity index is 2050. The zero-order valence-electron chi connectivity index (χ0n) is 26.9. The third-order valence-corrected chi connectivity index (χ3v) is 10.4. The van der Waals surface area contributed by atoms with Gasteiger partial charge in [0.15, 0.2) is 0 Å². The van der Waals surface area contributed by atoms with Crippen molar-refractivity contribution in [3.8, 4) is 17.2 Å². The number of nitriles is 1. The van der Waals surface area contributed by atoms with Gasteiger partial charge in [-0.25, -0.2) is 0 Å². The molecule has 244 valence electrons. The Morgan fingerprint density at radius 1 is 0.898 bits per heavy atom. The summed E-state index contributed by atoms with van der Waals surface area (Å²) in [5, 5.41) is 19.0. The second-order valence-corrected chi connectivity index (χ2v) is 14.0. The number of carbonyl (C=O) groups excluding carboxylic acids is 3. The van der Waals surface area contributed by atoms with Crippen LogP contribution in [0.25, 0.3) is 17.2 Å². The van der Waals surface area contributed by atoms with E-state index in [0.29, 0.717) is 27.7 Å². The molecular formula is C40H34N4O3S2. The highest BCUT2D eigenvalue weighted by Crippen LogP contribution is 2.39. The van der Waals surface area contributed by atoms with Crippen LogP contribution in [0.3, 0.4) is 0 Å². The average Bonchev–Trinajstić information content (AvgIpc) is 3.47. The highest BCUT2D eigenvalue weighted by molar-refractivity contribution is 8.00. The van der Waals surface area contributed by atoms with Crippen LogP contribution in [0, 0.1) is 17.2 Å². The Kier molecular flexibility index (Phi) is 10.7. The smallest absolute Gasteiger partial charge is 0.272 e. The number of thiophene rings is 1. The zero-order chi connectivity index (χ0) is 34.2. The molecule has 0 radical (unpaired) electrons. The first-order valence-electron chi connectivity index (χ1n) is 16.0. The molecule has 6 rings (SSSR count). The standard InChI is InChI=1S/C40H34N4O3S2/c1-26-15-20-33-34(24-41)40(49-36(33)21-26)44-37(45)25-48-32-14-8-13-31(23-32)42-39(47)35(43-38(46)30-11-6-3-7-12-30)22-27-16-18-29(19-17-27)28-9-4-2-5-10-28/h2-14,16-19,22-23,26H,15,20-21,25H2,1H3,(H,42,47)(H,43,46)(H,44,45)/b35-22+. The summed E-state index contributed by atoms with van der Waals surface area (Å²) in [7, 11) is 0. The third kappa shape index (κ3) is 8.54. The molecule has 3 N–H and O–H groups in total. The van der Waals surface area contributed by atoms with Crippen molar-refractivity contribution in [3.05, 3.63) is 142 Å². The fourth-order valence-corrected chi connectivity index (χ4v) is 7.77. The molecule has 0 bridgehead atoms. The number of anilines is 2. The van der Waals surface area contributed by atoms with E-state index in [1.54, 1.807) is 48.5 Å². The van der Waals surface area contributed by atoms with Crippen LogP contribution in [0.15, 0.2) is 120 Å². The van der Waals surface area contributed by atoms with Crippen LogP contribution < -0.4 is 16.0 Å². The van der Waals surface area contributed by atoms with Crippen LogP contribution in [0.2, 0.25) is 0 Å². The van der Waals surface area contributed by atoms with Crippen molar-refractivity contribution in [1.82, 2.24) is 5.32 Å². The molecule has 0 aliphatic heterocycles. The fourth-order valence-electron chi connectivity index (χ4n) is 5.64. The Hall–Kier alpha value is -5.43. The van der Waals surface area contributed by atoms with E-state index in [0.717, 1.165) is 46.4 Å². The number of nitrogens with zero attached hydrogens (tertiary/aromatic N) is 1. The van der Waals surface area contributed by atoms with Crippen molar-refractivity contribution in [2.24, 2.45) is 5.92 Å². The lowest BCUT2D eigenvalue weighted by molar-refractivity contribution is -0.114. The summed E-state index contributed by atoms with van der Waals surface area (Å²) in [6, 6.07) is 36.0. The molecule has 0 saturated carbocycles. The van der Waals surface area contributed by atoms with Gasteiger partial charge in [-0.3, -0.25) is 14.4 Å². The lowest BCUT2D eigenvalue weighted by Gasteiger charge is -2.17. The summed E-state index contributed by atoms with van der Waals surface area (Å²) in [6.45, 7) is 2.21. The predicted octanol–water partition coefficient (Wildman–Crippen LogP) is 8.55. The van der Waals surface area contributed by atoms with Crippen molar-refractivity contribution in [2.45, 2.75) is 31.1 Å². The summed E-state index contributed by atoms with van der Waals surface area (Å²) in [6.07, 6.45) is 4.50. The van der Waals surface area contributed by atoms with Crippen LogP contribution in [0.5, 0.6) is 0 Å². The van der Waals surface area contributed by atoms with Gasteiger partial charge in [-0.2, -0.15) is 5.26 Å². The molecule has 9 heteroatoms. The van der Waals surface area contributed by atoms with Gasteiger partial charge in [0.05, 0.1) is 11.3 Å². The van der Waals surface area contributed by atoms with E-state index >= 15 is 0 Å². The van der Waals surface area contributed by atoms with Crippen molar-refractivity contribution >= 4 is 57.6 Å². The lowest BCUT2D eigenvalue weighted by Crippen LogP contribution is -2.30. The number of benzene rings is 4. The molecular weight excluding hydrogens is 649 g/mol. The molecule has 5 aromatic rings. The Labute approximate surface area is 294 Å². The Balaban J connectivity index is 1.14. The number of rotatable bonds is 10. The number of hydrogen-bond donors (Lipinski definition) is 3. The minimum absolute atomic E-state index is 0.0834. The molecule has 7 nitrogen and oxygen atoms in total. The quantitative estimate of drug-likeness (QED) is 0.101. The number of amides is 3. The molecule has 1 atom stereocenters. The van der Waals surface area contributed by atoms with Gasteiger partial charge in [-0.1, -0.05) is 85.8 Å². The number of thioether (sulfide) groups is 1. The number of nitrogens with one attached hydrogen (secondary N) is 3. The molecule has 1 heterocycles. The van der Waals surface area contributed by atoms with Crippen LogP contribution in [-0.4, -0.2) is 23.5 Å². The van der Waals surface area contributed by atoms with Crippen LogP contribution >= 0.6 is 23.1 Å².